The first-order valence-corrected chi connectivity index (χ1v) is 9.30. The van der Waals surface area contributed by atoms with Gasteiger partial charge < -0.3 is 4.90 Å². The van der Waals surface area contributed by atoms with Gasteiger partial charge in [-0.1, -0.05) is 24.3 Å². The van der Waals surface area contributed by atoms with E-state index in [1.54, 1.807) is 60.5 Å². The van der Waals surface area contributed by atoms with E-state index in [0.717, 1.165) is 11.3 Å². The van der Waals surface area contributed by atoms with Gasteiger partial charge in [-0.15, -0.1) is 0 Å². The van der Waals surface area contributed by atoms with Crippen molar-refractivity contribution in [3.63, 3.8) is 0 Å². The molecule has 0 bridgehead atoms. The molecule has 0 fully saturated rings. The standard InChI is InChI=1S/C19H16N2O3S/c1-12-5-3-6-13(11-12)20-25(23,24)17-10-9-16-18-14(17)7-4-8-15(18)19(22)21(16)2/h3-11,20H,1-2H3. The van der Waals surface area contributed by atoms with Gasteiger partial charge in [-0.2, -0.15) is 0 Å². The fourth-order valence-electron chi connectivity index (χ4n) is 3.26. The molecule has 1 aliphatic heterocycles. The summed E-state index contributed by atoms with van der Waals surface area (Å²) < 4.78 is 28.5. The first-order valence-electron chi connectivity index (χ1n) is 7.82. The van der Waals surface area contributed by atoms with Gasteiger partial charge in [0.15, 0.2) is 0 Å². The number of anilines is 2. The van der Waals surface area contributed by atoms with E-state index in [-0.39, 0.29) is 10.8 Å². The zero-order chi connectivity index (χ0) is 17.8. The third-order valence-corrected chi connectivity index (χ3v) is 5.87. The summed E-state index contributed by atoms with van der Waals surface area (Å²) in [5, 5.41) is 1.23. The molecule has 0 spiro atoms. The zero-order valence-corrected chi connectivity index (χ0v) is 14.6. The number of benzene rings is 3. The van der Waals surface area contributed by atoms with Crippen molar-refractivity contribution in [3.05, 3.63) is 65.7 Å². The van der Waals surface area contributed by atoms with Crippen molar-refractivity contribution in [3.8, 4) is 0 Å². The molecule has 0 aromatic heterocycles. The highest BCUT2D eigenvalue weighted by Crippen LogP contribution is 2.39. The number of sulfonamides is 1. The van der Waals surface area contributed by atoms with Crippen LogP contribution in [-0.2, 0) is 10.0 Å². The maximum Gasteiger partial charge on any atom is 0.262 e. The molecule has 0 radical (unpaired) electrons. The summed E-state index contributed by atoms with van der Waals surface area (Å²) in [7, 11) is -2.09. The second kappa shape index (κ2) is 5.32. The van der Waals surface area contributed by atoms with Crippen molar-refractivity contribution in [2.24, 2.45) is 0 Å². The van der Waals surface area contributed by atoms with Crippen LogP contribution in [0.25, 0.3) is 10.8 Å². The maximum atomic E-state index is 12.9. The minimum atomic E-state index is -3.78. The molecule has 0 unspecified atom stereocenters. The van der Waals surface area contributed by atoms with Crippen LogP contribution in [0.3, 0.4) is 0 Å². The second-order valence-corrected chi connectivity index (χ2v) is 7.80. The lowest BCUT2D eigenvalue weighted by Gasteiger charge is -2.13. The molecule has 1 aliphatic rings. The van der Waals surface area contributed by atoms with Crippen molar-refractivity contribution in [1.82, 2.24) is 0 Å². The predicted molar refractivity (Wildman–Crippen MR) is 98.7 cm³/mol. The molecular formula is C19H16N2O3S. The normalized spacial score (nSPS) is 13.5. The number of aryl methyl sites for hydroxylation is 1. The molecule has 0 aliphatic carbocycles. The van der Waals surface area contributed by atoms with E-state index in [2.05, 4.69) is 4.72 Å². The Kier molecular flexibility index (Phi) is 3.33. The van der Waals surface area contributed by atoms with E-state index in [0.29, 0.717) is 22.0 Å². The number of hydrogen-bond donors (Lipinski definition) is 1. The number of carbonyl (C=O) groups is 1. The second-order valence-electron chi connectivity index (χ2n) is 6.15. The molecule has 6 heteroatoms. The summed E-state index contributed by atoms with van der Waals surface area (Å²) in [6.45, 7) is 1.90. The summed E-state index contributed by atoms with van der Waals surface area (Å²) in [6, 6.07) is 15.6. The van der Waals surface area contributed by atoms with E-state index < -0.39 is 10.0 Å². The Morgan fingerprint density at radius 3 is 2.52 bits per heavy atom. The van der Waals surface area contributed by atoms with Gasteiger partial charge in [0.25, 0.3) is 15.9 Å². The molecule has 4 rings (SSSR count). The summed E-state index contributed by atoms with van der Waals surface area (Å²) >= 11 is 0. The Bertz CT molecular complexity index is 1140. The highest BCUT2D eigenvalue weighted by Gasteiger charge is 2.30. The van der Waals surface area contributed by atoms with Crippen LogP contribution in [0.1, 0.15) is 15.9 Å². The predicted octanol–water partition coefficient (Wildman–Crippen LogP) is 3.54. The van der Waals surface area contributed by atoms with Crippen LogP contribution in [0, 0.1) is 6.92 Å². The topological polar surface area (TPSA) is 66.5 Å². The minimum Gasteiger partial charge on any atom is -0.311 e. The summed E-state index contributed by atoms with van der Waals surface area (Å²) in [5.74, 6) is -0.123. The highest BCUT2D eigenvalue weighted by molar-refractivity contribution is 7.93. The van der Waals surface area contributed by atoms with Gasteiger partial charge in [-0.05, 0) is 42.8 Å². The van der Waals surface area contributed by atoms with E-state index in [1.165, 1.54) is 0 Å². The lowest BCUT2D eigenvalue weighted by Crippen LogP contribution is -2.20. The van der Waals surface area contributed by atoms with Crippen molar-refractivity contribution in [2.45, 2.75) is 11.8 Å². The molecule has 0 saturated carbocycles. The fourth-order valence-corrected chi connectivity index (χ4v) is 4.52. The molecule has 5 nitrogen and oxygen atoms in total. The molecule has 1 amide bonds. The third kappa shape index (κ3) is 2.37. The van der Waals surface area contributed by atoms with Crippen molar-refractivity contribution in [2.75, 3.05) is 16.7 Å². The van der Waals surface area contributed by atoms with Crippen LogP contribution in [0.5, 0.6) is 0 Å². The average Bonchev–Trinajstić information content (AvgIpc) is 2.82. The Morgan fingerprint density at radius 1 is 1.00 bits per heavy atom. The molecule has 1 heterocycles. The summed E-state index contributed by atoms with van der Waals surface area (Å²) in [6.07, 6.45) is 0. The molecule has 0 atom stereocenters. The van der Waals surface area contributed by atoms with Crippen molar-refractivity contribution < 1.29 is 13.2 Å². The Balaban J connectivity index is 1.89. The van der Waals surface area contributed by atoms with E-state index >= 15 is 0 Å². The first kappa shape index (κ1) is 15.7. The van der Waals surface area contributed by atoms with Gasteiger partial charge in [0.2, 0.25) is 0 Å². The van der Waals surface area contributed by atoms with Crippen molar-refractivity contribution in [1.29, 1.82) is 0 Å². The number of amides is 1. The van der Waals surface area contributed by atoms with Crippen LogP contribution >= 0.6 is 0 Å². The fraction of sp³-hybridized carbons (Fsp3) is 0.105. The molecule has 126 valence electrons. The highest BCUT2D eigenvalue weighted by atomic mass is 32.2. The molecule has 0 saturated heterocycles. The van der Waals surface area contributed by atoms with Gasteiger partial charge in [0.05, 0.1) is 10.6 Å². The van der Waals surface area contributed by atoms with Crippen LogP contribution in [0.2, 0.25) is 0 Å². The van der Waals surface area contributed by atoms with Crippen LogP contribution in [0.15, 0.2) is 59.5 Å². The minimum absolute atomic E-state index is 0.123. The lowest BCUT2D eigenvalue weighted by molar-refractivity contribution is 0.0999. The number of nitrogens with zero attached hydrogens (tertiary/aromatic N) is 1. The largest absolute Gasteiger partial charge is 0.311 e. The number of rotatable bonds is 3. The van der Waals surface area contributed by atoms with E-state index in [1.807, 2.05) is 13.0 Å². The smallest absolute Gasteiger partial charge is 0.262 e. The third-order valence-electron chi connectivity index (χ3n) is 4.43. The molecule has 3 aromatic carbocycles. The van der Waals surface area contributed by atoms with Crippen LogP contribution in [-0.4, -0.2) is 21.4 Å². The monoisotopic (exact) mass is 352 g/mol. The molecular weight excluding hydrogens is 336 g/mol. The Morgan fingerprint density at radius 2 is 1.76 bits per heavy atom. The molecule has 1 N–H and O–H groups in total. The Hall–Kier alpha value is -2.86. The zero-order valence-electron chi connectivity index (χ0n) is 13.8. The molecule has 3 aromatic rings. The van der Waals surface area contributed by atoms with Gasteiger partial charge in [0, 0.05) is 29.1 Å². The maximum absolute atomic E-state index is 12.9. The number of hydrogen-bond acceptors (Lipinski definition) is 3. The number of carbonyl (C=O) groups excluding carboxylic acids is 1. The first-order chi connectivity index (χ1) is 11.9. The summed E-state index contributed by atoms with van der Waals surface area (Å²) in [5.41, 5.74) is 2.73. The van der Waals surface area contributed by atoms with Crippen LogP contribution in [0.4, 0.5) is 11.4 Å². The van der Waals surface area contributed by atoms with Gasteiger partial charge in [-0.25, -0.2) is 8.42 Å². The summed E-state index contributed by atoms with van der Waals surface area (Å²) in [4.78, 5) is 14.0. The van der Waals surface area contributed by atoms with Crippen molar-refractivity contribution >= 4 is 38.1 Å². The van der Waals surface area contributed by atoms with Crippen LogP contribution < -0.4 is 9.62 Å². The lowest BCUT2D eigenvalue weighted by atomic mass is 10.1. The van der Waals surface area contributed by atoms with E-state index in [9.17, 15) is 13.2 Å². The SMILES string of the molecule is Cc1cccc(NS(=O)(=O)c2ccc3c4c(cccc24)C(=O)N3C)c1. The van der Waals surface area contributed by atoms with E-state index in [4.69, 9.17) is 0 Å². The van der Waals surface area contributed by atoms with Gasteiger partial charge in [0.1, 0.15) is 0 Å². The van der Waals surface area contributed by atoms with Gasteiger partial charge in [-0.3, -0.25) is 9.52 Å². The Labute approximate surface area is 145 Å². The van der Waals surface area contributed by atoms with Gasteiger partial charge >= 0.3 is 0 Å². The number of nitrogens with one attached hydrogen (secondary N) is 1. The average molecular weight is 352 g/mol. The molecule has 25 heavy (non-hydrogen) atoms. The quantitative estimate of drug-likeness (QED) is 0.784.